The van der Waals surface area contributed by atoms with Crippen LogP contribution in [0.15, 0.2) is 48.5 Å². The number of carbonyl (C=O) groups is 1. The normalized spacial score (nSPS) is 12.3. The second-order valence-electron chi connectivity index (χ2n) is 5.75. The van der Waals surface area contributed by atoms with E-state index >= 15 is 0 Å². The monoisotopic (exact) mass is 351 g/mol. The number of amides is 1. The number of alkyl carbamates (subject to hydrolysis) is 1. The number of hydrogen-bond donors (Lipinski definition) is 1. The lowest BCUT2D eigenvalue weighted by Gasteiger charge is -2.06. The Bertz CT molecular complexity index is 793. The van der Waals surface area contributed by atoms with Crippen LogP contribution in [0.2, 0.25) is 0 Å². The van der Waals surface area contributed by atoms with Gasteiger partial charge in [-0.3, -0.25) is 0 Å². The predicted molar refractivity (Wildman–Crippen MR) is 98.2 cm³/mol. The molecule has 1 amide bonds. The lowest BCUT2D eigenvalue weighted by atomic mass is 10.2. The van der Waals surface area contributed by atoms with Crippen LogP contribution in [0.1, 0.15) is 24.0 Å². The molecule has 2 aromatic rings. The summed E-state index contributed by atoms with van der Waals surface area (Å²) in [4.78, 5) is 11.6. The molecule has 0 atom stereocenters. The smallest absolute Gasteiger partial charge is 0.407 e. The van der Waals surface area contributed by atoms with E-state index in [4.69, 9.17) is 14.2 Å². The highest BCUT2D eigenvalue weighted by molar-refractivity contribution is 5.67. The van der Waals surface area contributed by atoms with Gasteiger partial charge in [-0.15, -0.1) is 0 Å². The highest BCUT2D eigenvalue weighted by atomic mass is 16.5. The van der Waals surface area contributed by atoms with Gasteiger partial charge in [0.05, 0.1) is 13.2 Å². The number of rotatable bonds is 4. The van der Waals surface area contributed by atoms with Crippen molar-refractivity contribution in [2.75, 3.05) is 19.8 Å². The summed E-state index contributed by atoms with van der Waals surface area (Å²) >= 11 is 0. The van der Waals surface area contributed by atoms with Gasteiger partial charge in [-0.2, -0.15) is 0 Å². The molecule has 1 heterocycles. The van der Waals surface area contributed by atoms with Crippen molar-refractivity contribution in [2.45, 2.75) is 19.4 Å². The van der Waals surface area contributed by atoms with Crippen LogP contribution in [0, 0.1) is 11.8 Å². The summed E-state index contributed by atoms with van der Waals surface area (Å²) in [5.74, 6) is 7.60. The maximum Gasteiger partial charge on any atom is 0.407 e. The highest BCUT2D eigenvalue weighted by Gasteiger charge is 2.09. The third-order valence-corrected chi connectivity index (χ3v) is 3.71. The fraction of sp³-hybridized carbons (Fsp3) is 0.286. The van der Waals surface area contributed by atoms with E-state index in [1.54, 1.807) is 0 Å². The Morgan fingerprint density at radius 1 is 1.08 bits per heavy atom. The molecule has 0 bridgehead atoms. The molecule has 1 aliphatic heterocycles. The van der Waals surface area contributed by atoms with Gasteiger partial charge in [-0.25, -0.2) is 4.79 Å². The van der Waals surface area contributed by atoms with E-state index in [0.717, 1.165) is 29.0 Å². The van der Waals surface area contributed by atoms with Gasteiger partial charge in [0.1, 0.15) is 6.61 Å². The lowest BCUT2D eigenvalue weighted by Crippen LogP contribution is -2.24. The molecule has 0 fully saturated rings. The van der Waals surface area contributed by atoms with E-state index < -0.39 is 6.09 Å². The Morgan fingerprint density at radius 2 is 1.88 bits per heavy atom. The number of hydrogen-bond acceptors (Lipinski definition) is 4. The van der Waals surface area contributed by atoms with Gasteiger partial charge in [0, 0.05) is 24.9 Å². The molecular formula is C21H21NO4. The van der Waals surface area contributed by atoms with Crippen LogP contribution in [-0.2, 0) is 11.3 Å². The van der Waals surface area contributed by atoms with Gasteiger partial charge in [0.15, 0.2) is 11.5 Å². The van der Waals surface area contributed by atoms with Crippen molar-refractivity contribution in [3.05, 3.63) is 59.7 Å². The molecule has 0 aromatic heterocycles. The summed E-state index contributed by atoms with van der Waals surface area (Å²) in [7, 11) is 0. The molecule has 1 aliphatic rings. The molecule has 0 saturated carbocycles. The van der Waals surface area contributed by atoms with Crippen LogP contribution in [0.4, 0.5) is 4.79 Å². The fourth-order valence-electron chi connectivity index (χ4n) is 2.41. The van der Waals surface area contributed by atoms with E-state index in [-0.39, 0.29) is 6.61 Å². The van der Waals surface area contributed by atoms with Gasteiger partial charge in [-0.05, 0) is 23.8 Å². The van der Waals surface area contributed by atoms with Crippen molar-refractivity contribution in [1.29, 1.82) is 0 Å². The van der Waals surface area contributed by atoms with Crippen molar-refractivity contribution in [3.8, 4) is 23.3 Å². The minimum Gasteiger partial charge on any atom is -0.490 e. The van der Waals surface area contributed by atoms with Crippen LogP contribution < -0.4 is 14.8 Å². The van der Waals surface area contributed by atoms with Crippen LogP contribution >= 0.6 is 0 Å². The molecule has 3 rings (SSSR count). The summed E-state index contributed by atoms with van der Waals surface area (Å²) in [6, 6.07) is 15.2. The van der Waals surface area contributed by atoms with Crippen LogP contribution in [0.3, 0.4) is 0 Å². The van der Waals surface area contributed by atoms with Crippen molar-refractivity contribution >= 4 is 6.09 Å². The number of nitrogens with one attached hydrogen (secondary N) is 1. The molecule has 0 saturated heterocycles. The first-order valence-electron chi connectivity index (χ1n) is 8.64. The molecule has 5 nitrogen and oxygen atoms in total. The van der Waals surface area contributed by atoms with Crippen molar-refractivity contribution < 1.29 is 19.0 Å². The molecule has 1 N–H and O–H groups in total. The first-order valence-corrected chi connectivity index (χ1v) is 8.64. The molecular weight excluding hydrogens is 330 g/mol. The molecule has 5 heteroatoms. The van der Waals surface area contributed by atoms with Gasteiger partial charge in [0.25, 0.3) is 0 Å². The standard InChI is InChI=1S/C21H21NO4/c23-21(26-16-18-8-2-1-3-9-18)22-12-5-4-7-17-10-11-19-20(15-17)25-14-6-13-24-19/h1-3,8-11,15H,5-6,12-14,16H2,(H,22,23). The number of ether oxygens (including phenoxy) is 3. The minimum absolute atomic E-state index is 0.259. The van der Waals surface area contributed by atoms with E-state index in [0.29, 0.717) is 26.2 Å². The zero-order chi connectivity index (χ0) is 18.0. The average molecular weight is 351 g/mol. The summed E-state index contributed by atoms with van der Waals surface area (Å²) in [5, 5.41) is 2.69. The van der Waals surface area contributed by atoms with Crippen LogP contribution in [0.25, 0.3) is 0 Å². The maximum absolute atomic E-state index is 11.6. The van der Waals surface area contributed by atoms with Gasteiger partial charge in [-0.1, -0.05) is 42.2 Å². The second-order valence-corrected chi connectivity index (χ2v) is 5.75. The first-order chi connectivity index (χ1) is 12.8. The second kappa shape index (κ2) is 9.38. The minimum atomic E-state index is -0.439. The van der Waals surface area contributed by atoms with Gasteiger partial charge in [0.2, 0.25) is 0 Å². The molecule has 26 heavy (non-hydrogen) atoms. The van der Waals surface area contributed by atoms with Crippen LogP contribution in [-0.4, -0.2) is 25.9 Å². The number of fused-ring (bicyclic) bond motifs is 1. The fourth-order valence-corrected chi connectivity index (χ4v) is 2.41. The first kappa shape index (κ1) is 17.7. The Kier molecular flexibility index (Phi) is 6.38. The molecule has 0 spiro atoms. The molecule has 134 valence electrons. The molecule has 2 aromatic carbocycles. The zero-order valence-corrected chi connectivity index (χ0v) is 14.5. The predicted octanol–water partition coefficient (Wildman–Crippen LogP) is 3.52. The summed E-state index contributed by atoms with van der Waals surface area (Å²) in [6.07, 6.45) is 0.975. The summed E-state index contributed by atoms with van der Waals surface area (Å²) < 4.78 is 16.4. The average Bonchev–Trinajstić information content (AvgIpc) is 2.92. The Morgan fingerprint density at radius 3 is 2.73 bits per heavy atom. The summed E-state index contributed by atoms with van der Waals surface area (Å²) in [6.45, 7) is 2.02. The largest absolute Gasteiger partial charge is 0.490 e. The highest BCUT2D eigenvalue weighted by Crippen LogP contribution is 2.30. The summed E-state index contributed by atoms with van der Waals surface area (Å²) in [5.41, 5.74) is 1.82. The third-order valence-electron chi connectivity index (χ3n) is 3.71. The van der Waals surface area contributed by atoms with Crippen molar-refractivity contribution in [3.63, 3.8) is 0 Å². The quantitative estimate of drug-likeness (QED) is 0.676. The van der Waals surface area contributed by atoms with Crippen molar-refractivity contribution in [2.24, 2.45) is 0 Å². The topological polar surface area (TPSA) is 56.8 Å². The molecule has 0 aliphatic carbocycles. The lowest BCUT2D eigenvalue weighted by molar-refractivity contribution is 0.140. The Balaban J connectivity index is 1.40. The number of carbonyl (C=O) groups excluding carboxylic acids is 1. The van der Waals surface area contributed by atoms with Gasteiger partial charge < -0.3 is 19.5 Å². The van der Waals surface area contributed by atoms with E-state index in [9.17, 15) is 4.79 Å². The van der Waals surface area contributed by atoms with Gasteiger partial charge >= 0.3 is 6.09 Å². The van der Waals surface area contributed by atoms with E-state index in [2.05, 4.69) is 17.2 Å². The zero-order valence-electron chi connectivity index (χ0n) is 14.5. The Hall–Kier alpha value is -3.13. The molecule has 0 unspecified atom stereocenters. The van der Waals surface area contributed by atoms with E-state index in [1.165, 1.54) is 0 Å². The number of benzene rings is 2. The van der Waals surface area contributed by atoms with Crippen molar-refractivity contribution in [1.82, 2.24) is 5.32 Å². The van der Waals surface area contributed by atoms with E-state index in [1.807, 2.05) is 48.5 Å². The maximum atomic E-state index is 11.6. The van der Waals surface area contributed by atoms with Crippen LogP contribution in [0.5, 0.6) is 11.5 Å². The molecule has 0 radical (unpaired) electrons. The Labute approximate surface area is 153 Å². The SMILES string of the molecule is O=C(NCCC#Cc1ccc2c(c1)OCCCO2)OCc1ccccc1. The third kappa shape index (κ3) is 5.45.